The third-order valence-electron chi connectivity index (χ3n) is 3.86. The molecule has 4 heteroatoms. The van der Waals surface area contributed by atoms with Crippen LogP contribution in [0.5, 0.6) is 5.75 Å². The number of nitrogens with zero attached hydrogens (tertiary/aromatic N) is 1. The molecule has 1 amide bonds. The Labute approximate surface area is 130 Å². The molecule has 116 valence electrons. The van der Waals surface area contributed by atoms with Gasteiger partial charge in [-0.25, -0.2) is 0 Å². The van der Waals surface area contributed by atoms with Crippen molar-refractivity contribution in [3.05, 3.63) is 42.5 Å². The molecule has 3 rings (SSSR count). The molecule has 0 radical (unpaired) electrons. The topological polar surface area (TPSA) is 38.8 Å². The van der Waals surface area contributed by atoms with Crippen molar-refractivity contribution in [1.29, 1.82) is 0 Å². The molecule has 0 spiro atoms. The van der Waals surface area contributed by atoms with Gasteiger partial charge in [-0.3, -0.25) is 4.79 Å². The van der Waals surface area contributed by atoms with E-state index in [9.17, 15) is 4.79 Å². The van der Waals surface area contributed by atoms with E-state index >= 15 is 0 Å². The number of fused-ring (bicyclic) bond motifs is 1. The molecular weight excluding hydrogens is 278 g/mol. The van der Waals surface area contributed by atoms with Gasteiger partial charge in [-0.15, -0.1) is 0 Å². The van der Waals surface area contributed by atoms with Crippen LogP contribution in [0.2, 0.25) is 0 Å². The van der Waals surface area contributed by atoms with Gasteiger partial charge >= 0.3 is 0 Å². The second-order valence-corrected chi connectivity index (χ2v) is 5.85. The summed E-state index contributed by atoms with van der Waals surface area (Å²) >= 11 is 0. The van der Waals surface area contributed by atoms with Crippen LogP contribution in [0.25, 0.3) is 10.8 Å². The zero-order valence-electron chi connectivity index (χ0n) is 13.0. The van der Waals surface area contributed by atoms with Crippen molar-refractivity contribution >= 4 is 16.7 Å². The predicted molar refractivity (Wildman–Crippen MR) is 86.0 cm³/mol. The molecule has 2 aromatic rings. The first-order valence-electron chi connectivity index (χ1n) is 7.66. The maximum Gasteiger partial charge on any atom is 0.260 e. The van der Waals surface area contributed by atoms with E-state index in [4.69, 9.17) is 9.47 Å². The highest BCUT2D eigenvalue weighted by atomic mass is 16.5. The van der Waals surface area contributed by atoms with E-state index in [0.29, 0.717) is 13.1 Å². The molecule has 4 nitrogen and oxygen atoms in total. The lowest BCUT2D eigenvalue weighted by atomic mass is 10.1. The Hall–Kier alpha value is -2.07. The van der Waals surface area contributed by atoms with Gasteiger partial charge in [-0.1, -0.05) is 30.3 Å². The van der Waals surface area contributed by atoms with E-state index in [1.54, 1.807) is 0 Å². The third kappa shape index (κ3) is 3.39. The van der Waals surface area contributed by atoms with Gasteiger partial charge in [0, 0.05) is 13.1 Å². The van der Waals surface area contributed by atoms with Gasteiger partial charge in [0.15, 0.2) is 6.61 Å². The summed E-state index contributed by atoms with van der Waals surface area (Å²) in [7, 11) is 0. The first-order valence-corrected chi connectivity index (χ1v) is 7.66. The molecular formula is C18H21NO3. The predicted octanol–water partition coefficient (Wildman–Crippen LogP) is 2.85. The second kappa shape index (κ2) is 6.36. The van der Waals surface area contributed by atoms with Crippen LogP contribution >= 0.6 is 0 Å². The van der Waals surface area contributed by atoms with Gasteiger partial charge < -0.3 is 14.4 Å². The number of ether oxygens (including phenoxy) is 2. The first-order chi connectivity index (χ1) is 10.6. The summed E-state index contributed by atoms with van der Waals surface area (Å²) in [5.41, 5.74) is 0. The summed E-state index contributed by atoms with van der Waals surface area (Å²) in [6, 6.07) is 14.0. The van der Waals surface area contributed by atoms with E-state index in [-0.39, 0.29) is 24.7 Å². The molecule has 1 heterocycles. The molecule has 0 saturated carbocycles. The van der Waals surface area contributed by atoms with Crippen molar-refractivity contribution in [2.24, 2.45) is 0 Å². The van der Waals surface area contributed by atoms with Gasteiger partial charge in [-0.2, -0.15) is 0 Å². The number of carbonyl (C=O) groups excluding carboxylic acids is 1. The number of benzene rings is 2. The van der Waals surface area contributed by atoms with Crippen molar-refractivity contribution in [3.8, 4) is 5.75 Å². The van der Waals surface area contributed by atoms with Crippen LogP contribution in [0, 0.1) is 0 Å². The highest BCUT2D eigenvalue weighted by Crippen LogP contribution is 2.20. The molecule has 1 saturated heterocycles. The minimum atomic E-state index is 0.00941. The molecule has 0 unspecified atom stereocenters. The van der Waals surface area contributed by atoms with Crippen LogP contribution < -0.4 is 4.74 Å². The minimum absolute atomic E-state index is 0.00941. The summed E-state index contributed by atoms with van der Waals surface area (Å²) in [6.45, 7) is 5.30. The molecule has 1 aliphatic heterocycles. The highest BCUT2D eigenvalue weighted by molar-refractivity contribution is 5.84. The maximum absolute atomic E-state index is 12.3. The van der Waals surface area contributed by atoms with Gasteiger partial charge in [0.2, 0.25) is 0 Å². The molecule has 0 N–H and O–H groups in total. The van der Waals surface area contributed by atoms with Gasteiger partial charge in [-0.05, 0) is 36.8 Å². The lowest BCUT2D eigenvalue weighted by molar-refractivity contribution is -0.145. The zero-order chi connectivity index (χ0) is 15.5. The highest BCUT2D eigenvalue weighted by Gasteiger charge is 2.25. The van der Waals surface area contributed by atoms with Crippen LogP contribution in [0.4, 0.5) is 0 Å². The number of amides is 1. The average molecular weight is 299 g/mol. The van der Waals surface area contributed by atoms with E-state index in [1.807, 2.05) is 55.1 Å². The van der Waals surface area contributed by atoms with E-state index in [2.05, 4.69) is 6.07 Å². The average Bonchev–Trinajstić information content (AvgIpc) is 2.51. The quantitative estimate of drug-likeness (QED) is 0.875. The third-order valence-corrected chi connectivity index (χ3v) is 3.86. The van der Waals surface area contributed by atoms with Gasteiger partial charge in [0.25, 0.3) is 5.91 Å². The maximum atomic E-state index is 12.3. The Kier molecular flexibility index (Phi) is 4.29. The molecule has 2 atom stereocenters. The van der Waals surface area contributed by atoms with Crippen LogP contribution in [-0.2, 0) is 9.53 Å². The van der Waals surface area contributed by atoms with Gasteiger partial charge in [0.1, 0.15) is 5.75 Å². The smallest absolute Gasteiger partial charge is 0.260 e. The van der Waals surface area contributed by atoms with Crippen molar-refractivity contribution in [2.75, 3.05) is 19.7 Å². The molecule has 22 heavy (non-hydrogen) atoms. The fourth-order valence-corrected chi connectivity index (χ4v) is 2.88. The summed E-state index contributed by atoms with van der Waals surface area (Å²) in [6.07, 6.45) is 0.154. The SMILES string of the molecule is C[C@@H]1CN(C(=O)COc2ccc3ccccc3c2)C[C@H](C)O1. The Morgan fingerprint density at radius 2 is 1.82 bits per heavy atom. The Morgan fingerprint density at radius 3 is 2.55 bits per heavy atom. The zero-order valence-corrected chi connectivity index (χ0v) is 13.0. The van der Waals surface area contributed by atoms with Crippen molar-refractivity contribution < 1.29 is 14.3 Å². The van der Waals surface area contributed by atoms with Crippen LogP contribution in [0.15, 0.2) is 42.5 Å². The van der Waals surface area contributed by atoms with Crippen molar-refractivity contribution in [1.82, 2.24) is 4.90 Å². The molecule has 2 aromatic carbocycles. The van der Waals surface area contributed by atoms with Crippen LogP contribution in [-0.4, -0.2) is 42.7 Å². The minimum Gasteiger partial charge on any atom is -0.484 e. The van der Waals surface area contributed by atoms with E-state index < -0.39 is 0 Å². The standard InChI is InChI=1S/C18H21NO3/c1-13-10-19(11-14(2)22-13)18(20)12-21-17-8-7-15-5-3-4-6-16(15)9-17/h3-9,13-14H,10-12H2,1-2H3/t13-,14+. The molecule has 1 aliphatic rings. The van der Waals surface area contributed by atoms with Crippen LogP contribution in [0.3, 0.4) is 0 Å². The molecule has 0 aliphatic carbocycles. The monoisotopic (exact) mass is 299 g/mol. The fourth-order valence-electron chi connectivity index (χ4n) is 2.88. The van der Waals surface area contributed by atoms with Gasteiger partial charge in [0.05, 0.1) is 12.2 Å². The second-order valence-electron chi connectivity index (χ2n) is 5.85. The van der Waals surface area contributed by atoms with Crippen molar-refractivity contribution in [3.63, 3.8) is 0 Å². The molecule has 0 aromatic heterocycles. The number of morpholine rings is 1. The van der Waals surface area contributed by atoms with Crippen molar-refractivity contribution in [2.45, 2.75) is 26.1 Å². The number of carbonyl (C=O) groups is 1. The number of hydrogen-bond donors (Lipinski definition) is 0. The number of hydrogen-bond acceptors (Lipinski definition) is 3. The Bertz CT molecular complexity index is 660. The Morgan fingerprint density at radius 1 is 1.14 bits per heavy atom. The lowest BCUT2D eigenvalue weighted by Crippen LogP contribution is -2.49. The summed E-state index contributed by atoms with van der Waals surface area (Å²) in [5.74, 6) is 0.733. The van der Waals surface area contributed by atoms with E-state index in [0.717, 1.165) is 16.5 Å². The number of rotatable bonds is 3. The molecule has 1 fully saturated rings. The van der Waals surface area contributed by atoms with E-state index in [1.165, 1.54) is 0 Å². The lowest BCUT2D eigenvalue weighted by Gasteiger charge is -2.35. The summed E-state index contributed by atoms with van der Waals surface area (Å²) in [4.78, 5) is 14.1. The largest absolute Gasteiger partial charge is 0.484 e. The Balaban J connectivity index is 1.62. The summed E-state index contributed by atoms with van der Waals surface area (Å²) < 4.78 is 11.3. The van der Waals surface area contributed by atoms with Crippen LogP contribution in [0.1, 0.15) is 13.8 Å². The fraction of sp³-hybridized carbons (Fsp3) is 0.389. The first kappa shape index (κ1) is 14.9. The molecule has 0 bridgehead atoms. The normalized spacial score (nSPS) is 21.8. The summed E-state index contributed by atoms with van der Waals surface area (Å²) in [5, 5.41) is 2.28.